The minimum absolute atomic E-state index is 1.06. The van der Waals surface area contributed by atoms with Gasteiger partial charge in [-0.3, -0.25) is 0 Å². The maximum absolute atomic E-state index is 2.42. The highest BCUT2D eigenvalue weighted by Gasteiger charge is 2.16. The number of hydrogen-bond donors (Lipinski definition) is 0. The predicted octanol–water partition coefficient (Wildman–Crippen LogP) is 6.76. The lowest BCUT2D eigenvalue weighted by molar-refractivity contribution is 1.02. The molecule has 0 aliphatic rings. The first-order chi connectivity index (χ1) is 12.7. The van der Waals surface area contributed by atoms with Gasteiger partial charge in [-0.15, -0.1) is 0 Å². The number of fused-ring (bicyclic) bond motifs is 7. The van der Waals surface area contributed by atoms with Crippen LogP contribution in [0.3, 0.4) is 0 Å². The molecule has 0 N–H and O–H groups in total. The lowest BCUT2D eigenvalue weighted by atomic mass is 9.96. The van der Waals surface area contributed by atoms with E-state index >= 15 is 0 Å². The normalized spacial score (nSPS) is 12.0. The predicted molar refractivity (Wildman–Crippen MR) is 114 cm³/mol. The largest absolute Gasteiger partial charge is 0.343 e. The Hall–Kier alpha value is -2.80. The van der Waals surface area contributed by atoms with Gasteiger partial charge >= 0.3 is 0 Å². The smallest absolute Gasteiger partial charge is 0.0568 e. The first-order valence-corrected chi connectivity index (χ1v) is 9.58. The highest BCUT2D eigenvalue weighted by molar-refractivity contribution is 6.23. The standard InChI is InChI=1S/C25H23N/c1-4-16-14-22-23-15-17(5-2)19-11-7-9-13-21(19)25(23)26(3)24(22)20-12-8-6-10-18(16)20/h6-15H,4-5H2,1-3H3. The molecule has 0 fully saturated rings. The van der Waals surface area contributed by atoms with Crippen molar-refractivity contribution >= 4 is 43.4 Å². The van der Waals surface area contributed by atoms with Crippen LogP contribution in [0.25, 0.3) is 43.4 Å². The van der Waals surface area contributed by atoms with Crippen LogP contribution in [0.2, 0.25) is 0 Å². The zero-order valence-corrected chi connectivity index (χ0v) is 15.6. The molecule has 26 heavy (non-hydrogen) atoms. The van der Waals surface area contributed by atoms with Crippen molar-refractivity contribution in [3.05, 3.63) is 71.8 Å². The van der Waals surface area contributed by atoms with Crippen LogP contribution in [-0.2, 0) is 19.9 Å². The molecule has 0 aliphatic heterocycles. The van der Waals surface area contributed by atoms with Gasteiger partial charge in [-0.05, 0) is 46.9 Å². The van der Waals surface area contributed by atoms with Gasteiger partial charge in [0.1, 0.15) is 0 Å². The van der Waals surface area contributed by atoms with Crippen LogP contribution in [0.4, 0.5) is 0 Å². The second-order valence-electron chi connectivity index (χ2n) is 7.22. The molecule has 0 aliphatic carbocycles. The summed E-state index contributed by atoms with van der Waals surface area (Å²) in [5, 5.41) is 8.27. The molecule has 0 unspecified atom stereocenters. The van der Waals surface area contributed by atoms with Crippen molar-refractivity contribution in [3.63, 3.8) is 0 Å². The van der Waals surface area contributed by atoms with E-state index in [0.29, 0.717) is 0 Å². The Morgan fingerprint density at radius 1 is 0.577 bits per heavy atom. The summed E-state index contributed by atoms with van der Waals surface area (Å²) in [6, 6.07) is 22.6. The van der Waals surface area contributed by atoms with Crippen molar-refractivity contribution in [1.82, 2.24) is 4.57 Å². The summed E-state index contributed by atoms with van der Waals surface area (Å²) in [5.41, 5.74) is 5.58. The van der Waals surface area contributed by atoms with Gasteiger partial charge in [-0.2, -0.15) is 0 Å². The van der Waals surface area contributed by atoms with E-state index in [1.165, 1.54) is 54.5 Å². The molecule has 4 aromatic carbocycles. The average Bonchev–Trinajstić information content (AvgIpc) is 2.99. The Balaban J connectivity index is 2.12. The fourth-order valence-corrected chi connectivity index (χ4v) is 4.70. The number of nitrogens with zero attached hydrogens (tertiary/aromatic N) is 1. The first-order valence-electron chi connectivity index (χ1n) is 9.58. The number of aromatic nitrogens is 1. The quantitative estimate of drug-likeness (QED) is 0.335. The van der Waals surface area contributed by atoms with Crippen molar-refractivity contribution in [2.24, 2.45) is 7.05 Å². The minimum atomic E-state index is 1.06. The molecule has 0 saturated carbocycles. The molecule has 0 bridgehead atoms. The monoisotopic (exact) mass is 337 g/mol. The van der Waals surface area contributed by atoms with Gasteiger partial charge in [-0.1, -0.05) is 62.4 Å². The summed E-state index contributed by atoms with van der Waals surface area (Å²) in [6.45, 7) is 4.51. The maximum atomic E-state index is 2.42. The zero-order valence-electron chi connectivity index (χ0n) is 15.6. The minimum Gasteiger partial charge on any atom is -0.343 e. The zero-order chi connectivity index (χ0) is 17.8. The summed E-state index contributed by atoms with van der Waals surface area (Å²) in [4.78, 5) is 0. The lowest BCUT2D eigenvalue weighted by Gasteiger charge is -2.08. The fourth-order valence-electron chi connectivity index (χ4n) is 4.70. The SMILES string of the molecule is CCc1cc2c3cc(CC)c4ccccc4c3n(C)c2c2ccccc12. The number of aryl methyl sites for hydroxylation is 3. The second kappa shape index (κ2) is 5.60. The number of rotatable bonds is 2. The molecule has 0 atom stereocenters. The van der Waals surface area contributed by atoms with E-state index in [1.54, 1.807) is 0 Å². The summed E-state index contributed by atoms with van der Waals surface area (Å²) in [6.07, 6.45) is 2.11. The van der Waals surface area contributed by atoms with E-state index in [-0.39, 0.29) is 0 Å². The third kappa shape index (κ3) is 1.92. The Morgan fingerprint density at radius 2 is 0.962 bits per heavy atom. The molecule has 0 saturated heterocycles. The van der Waals surface area contributed by atoms with E-state index in [4.69, 9.17) is 0 Å². The van der Waals surface area contributed by atoms with Crippen molar-refractivity contribution in [2.45, 2.75) is 26.7 Å². The van der Waals surface area contributed by atoms with Gasteiger partial charge in [0, 0.05) is 28.6 Å². The summed E-state index contributed by atoms with van der Waals surface area (Å²) in [7, 11) is 2.22. The molecule has 1 heterocycles. The van der Waals surface area contributed by atoms with Gasteiger partial charge in [0.25, 0.3) is 0 Å². The molecule has 128 valence electrons. The topological polar surface area (TPSA) is 4.93 Å². The van der Waals surface area contributed by atoms with E-state index in [1.807, 2.05) is 0 Å². The third-order valence-corrected chi connectivity index (χ3v) is 5.93. The van der Waals surface area contributed by atoms with Crippen molar-refractivity contribution in [3.8, 4) is 0 Å². The van der Waals surface area contributed by atoms with Crippen molar-refractivity contribution < 1.29 is 0 Å². The highest BCUT2D eigenvalue weighted by atomic mass is 14.9. The van der Waals surface area contributed by atoms with Crippen LogP contribution in [0.5, 0.6) is 0 Å². The van der Waals surface area contributed by atoms with Crippen LogP contribution in [0.1, 0.15) is 25.0 Å². The van der Waals surface area contributed by atoms with Crippen LogP contribution >= 0.6 is 0 Å². The number of hydrogen-bond acceptors (Lipinski definition) is 0. The van der Waals surface area contributed by atoms with Crippen LogP contribution in [-0.4, -0.2) is 4.57 Å². The first kappa shape index (κ1) is 15.5. The third-order valence-electron chi connectivity index (χ3n) is 5.93. The van der Waals surface area contributed by atoms with Crippen LogP contribution < -0.4 is 0 Å². The molecule has 1 heteroatoms. The Morgan fingerprint density at radius 3 is 1.35 bits per heavy atom. The average molecular weight is 337 g/mol. The highest BCUT2D eigenvalue weighted by Crippen LogP contribution is 2.39. The molecule has 5 aromatic rings. The van der Waals surface area contributed by atoms with Gasteiger partial charge in [0.2, 0.25) is 0 Å². The molecule has 5 rings (SSSR count). The molecule has 1 aromatic heterocycles. The Kier molecular flexibility index (Phi) is 3.33. The van der Waals surface area contributed by atoms with Gasteiger partial charge in [0.05, 0.1) is 11.0 Å². The molecule has 0 spiro atoms. The number of benzene rings is 4. The van der Waals surface area contributed by atoms with E-state index in [9.17, 15) is 0 Å². The van der Waals surface area contributed by atoms with Gasteiger partial charge < -0.3 is 4.57 Å². The molecular formula is C25H23N. The van der Waals surface area contributed by atoms with Crippen LogP contribution in [0.15, 0.2) is 60.7 Å². The summed E-state index contributed by atoms with van der Waals surface area (Å²) < 4.78 is 2.41. The van der Waals surface area contributed by atoms with Crippen LogP contribution in [0, 0.1) is 0 Å². The Bertz CT molecular complexity index is 1200. The maximum Gasteiger partial charge on any atom is 0.0568 e. The fraction of sp³-hybridized carbons (Fsp3) is 0.200. The molecule has 0 radical (unpaired) electrons. The van der Waals surface area contributed by atoms with E-state index < -0.39 is 0 Å². The van der Waals surface area contributed by atoms with Crippen molar-refractivity contribution in [1.29, 1.82) is 0 Å². The summed E-state index contributed by atoms with van der Waals surface area (Å²) in [5.74, 6) is 0. The van der Waals surface area contributed by atoms with Crippen molar-refractivity contribution in [2.75, 3.05) is 0 Å². The lowest BCUT2D eigenvalue weighted by Crippen LogP contribution is -1.92. The van der Waals surface area contributed by atoms with E-state index in [2.05, 4.69) is 86.1 Å². The van der Waals surface area contributed by atoms with Gasteiger partial charge in [0.15, 0.2) is 0 Å². The molecule has 1 nitrogen and oxygen atoms in total. The second-order valence-corrected chi connectivity index (χ2v) is 7.22. The molecule has 0 amide bonds. The molecular weight excluding hydrogens is 314 g/mol. The van der Waals surface area contributed by atoms with Gasteiger partial charge in [-0.25, -0.2) is 0 Å². The summed E-state index contributed by atoms with van der Waals surface area (Å²) >= 11 is 0. The van der Waals surface area contributed by atoms with E-state index in [0.717, 1.165) is 12.8 Å². The Labute approximate surface area is 153 Å².